The maximum Gasteiger partial charge on any atom is 0.434 e. The van der Waals surface area contributed by atoms with Crippen molar-refractivity contribution in [3.63, 3.8) is 0 Å². The van der Waals surface area contributed by atoms with Gasteiger partial charge < -0.3 is 9.47 Å². The van der Waals surface area contributed by atoms with E-state index in [0.717, 1.165) is 6.20 Å². The van der Waals surface area contributed by atoms with Crippen molar-refractivity contribution in [2.75, 3.05) is 6.54 Å². The van der Waals surface area contributed by atoms with Crippen LogP contribution in [0, 0.1) is 0 Å². The molecule has 1 aromatic rings. The molecule has 0 atom stereocenters. The molecule has 2 rings (SSSR count). The molecule has 1 aliphatic heterocycles. The van der Waals surface area contributed by atoms with Gasteiger partial charge in [0, 0.05) is 25.7 Å². The number of aromatic nitrogens is 2. The summed E-state index contributed by atoms with van der Waals surface area (Å²) in [5.41, 5.74) is -0.890. The van der Waals surface area contributed by atoms with Gasteiger partial charge in [0.1, 0.15) is 5.82 Å². The molecule has 2 heterocycles. The highest BCUT2D eigenvalue weighted by atomic mass is 19.4. The summed E-state index contributed by atoms with van der Waals surface area (Å²) in [5, 5.41) is 0. The van der Waals surface area contributed by atoms with Crippen LogP contribution >= 0.6 is 0 Å². The van der Waals surface area contributed by atoms with Crippen LogP contribution < -0.4 is 0 Å². The Bertz CT molecular complexity index is 438. The Morgan fingerprint density at radius 3 is 2.76 bits per heavy atom. The number of nitrogens with zero attached hydrogens (tertiary/aromatic N) is 3. The van der Waals surface area contributed by atoms with Crippen molar-refractivity contribution in [1.29, 1.82) is 0 Å². The van der Waals surface area contributed by atoms with Gasteiger partial charge in [0.15, 0.2) is 5.69 Å². The molecule has 1 amide bonds. The van der Waals surface area contributed by atoms with Crippen LogP contribution in [0.25, 0.3) is 0 Å². The molecule has 1 aliphatic rings. The van der Waals surface area contributed by atoms with Crippen LogP contribution in [-0.2, 0) is 24.1 Å². The first kappa shape index (κ1) is 11.9. The fourth-order valence-corrected chi connectivity index (χ4v) is 1.83. The van der Waals surface area contributed by atoms with Gasteiger partial charge in [-0.25, -0.2) is 4.98 Å². The van der Waals surface area contributed by atoms with E-state index in [-0.39, 0.29) is 12.5 Å². The third-order valence-electron chi connectivity index (χ3n) is 2.75. The molecular weight excluding hydrogens is 235 g/mol. The lowest BCUT2D eigenvalue weighted by molar-refractivity contribution is -0.141. The number of hydrogen-bond acceptors (Lipinski definition) is 2. The van der Waals surface area contributed by atoms with E-state index in [1.54, 1.807) is 6.92 Å². The molecule has 0 spiro atoms. The zero-order valence-electron chi connectivity index (χ0n) is 9.29. The molecule has 0 bridgehead atoms. The summed E-state index contributed by atoms with van der Waals surface area (Å²) in [6.07, 6.45) is -3.07. The average molecular weight is 247 g/mol. The predicted octanol–water partition coefficient (Wildman–Crippen LogP) is 1.65. The SMILES string of the molecule is CCC(=O)N1CCn2cc(C(F)(F)F)nc2C1. The third-order valence-corrected chi connectivity index (χ3v) is 2.75. The number of imidazole rings is 1. The van der Waals surface area contributed by atoms with Crippen molar-refractivity contribution in [2.45, 2.75) is 32.6 Å². The Labute approximate surface area is 96.0 Å². The zero-order chi connectivity index (χ0) is 12.6. The van der Waals surface area contributed by atoms with Gasteiger partial charge in [-0.1, -0.05) is 6.92 Å². The fraction of sp³-hybridized carbons (Fsp3) is 0.600. The van der Waals surface area contributed by atoms with Gasteiger partial charge in [-0.2, -0.15) is 13.2 Å². The summed E-state index contributed by atoms with van der Waals surface area (Å²) in [6.45, 7) is 2.69. The van der Waals surface area contributed by atoms with E-state index in [1.165, 1.54) is 9.47 Å². The normalized spacial score (nSPS) is 15.9. The molecule has 0 saturated heterocycles. The van der Waals surface area contributed by atoms with Gasteiger partial charge in [0.2, 0.25) is 5.91 Å². The summed E-state index contributed by atoms with van der Waals surface area (Å²) in [4.78, 5) is 16.5. The Kier molecular flexibility index (Phi) is 2.84. The summed E-state index contributed by atoms with van der Waals surface area (Å²) < 4.78 is 38.8. The number of rotatable bonds is 1. The first-order valence-corrected chi connectivity index (χ1v) is 5.33. The number of amides is 1. The topological polar surface area (TPSA) is 38.1 Å². The molecule has 0 aromatic carbocycles. The lowest BCUT2D eigenvalue weighted by atomic mass is 10.3. The molecule has 0 aliphatic carbocycles. The summed E-state index contributed by atoms with van der Waals surface area (Å²) in [7, 11) is 0. The van der Waals surface area contributed by atoms with E-state index in [9.17, 15) is 18.0 Å². The van der Waals surface area contributed by atoms with Gasteiger partial charge in [-0.3, -0.25) is 4.79 Å². The van der Waals surface area contributed by atoms with Crippen molar-refractivity contribution in [3.05, 3.63) is 17.7 Å². The maximum absolute atomic E-state index is 12.4. The van der Waals surface area contributed by atoms with E-state index < -0.39 is 11.9 Å². The second kappa shape index (κ2) is 4.05. The van der Waals surface area contributed by atoms with Gasteiger partial charge in [-0.05, 0) is 0 Å². The minimum Gasteiger partial charge on any atom is -0.333 e. The Balaban J connectivity index is 2.21. The molecule has 1 aromatic heterocycles. The number of halogens is 3. The largest absolute Gasteiger partial charge is 0.434 e. The maximum atomic E-state index is 12.4. The molecule has 17 heavy (non-hydrogen) atoms. The minimum absolute atomic E-state index is 0.0622. The minimum atomic E-state index is -4.43. The van der Waals surface area contributed by atoms with Crippen molar-refractivity contribution in [1.82, 2.24) is 14.5 Å². The van der Waals surface area contributed by atoms with Crippen molar-refractivity contribution in [2.24, 2.45) is 0 Å². The van der Waals surface area contributed by atoms with Crippen LogP contribution in [0.4, 0.5) is 13.2 Å². The van der Waals surface area contributed by atoms with Crippen LogP contribution in [0.5, 0.6) is 0 Å². The second-order valence-corrected chi connectivity index (χ2v) is 3.90. The molecule has 4 nitrogen and oxygen atoms in total. The zero-order valence-corrected chi connectivity index (χ0v) is 9.29. The van der Waals surface area contributed by atoms with Crippen LogP contribution in [-0.4, -0.2) is 26.9 Å². The first-order chi connectivity index (χ1) is 7.91. The van der Waals surface area contributed by atoms with Crippen LogP contribution in [0.1, 0.15) is 24.9 Å². The second-order valence-electron chi connectivity index (χ2n) is 3.90. The van der Waals surface area contributed by atoms with Crippen molar-refractivity contribution < 1.29 is 18.0 Å². The van der Waals surface area contributed by atoms with Crippen LogP contribution in [0.3, 0.4) is 0 Å². The summed E-state index contributed by atoms with van der Waals surface area (Å²) in [5.74, 6) is 0.234. The number of carbonyl (C=O) groups excluding carboxylic acids is 1. The Morgan fingerprint density at radius 2 is 2.18 bits per heavy atom. The van der Waals surface area contributed by atoms with Crippen molar-refractivity contribution >= 4 is 5.91 Å². The lowest BCUT2D eigenvalue weighted by Crippen LogP contribution is -2.37. The molecule has 0 fully saturated rings. The van der Waals surface area contributed by atoms with Gasteiger partial charge in [0.25, 0.3) is 0 Å². The number of fused-ring (bicyclic) bond motifs is 1. The van der Waals surface area contributed by atoms with Crippen LogP contribution in [0.2, 0.25) is 0 Å². The quantitative estimate of drug-likeness (QED) is 0.756. The lowest BCUT2D eigenvalue weighted by Gasteiger charge is -2.27. The molecule has 0 unspecified atom stereocenters. The van der Waals surface area contributed by atoms with E-state index in [2.05, 4.69) is 4.98 Å². The number of carbonyl (C=O) groups is 1. The smallest absolute Gasteiger partial charge is 0.333 e. The fourth-order valence-electron chi connectivity index (χ4n) is 1.83. The number of hydrogen-bond donors (Lipinski definition) is 0. The molecule has 7 heteroatoms. The highest BCUT2D eigenvalue weighted by molar-refractivity contribution is 5.75. The van der Waals surface area contributed by atoms with Gasteiger partial charge in [-0.15, -0.1) is 0 Å². The highest BCUT2D eigenvalue weighted by Crippen LogP contribution is 2.29. The molecule has 0 N–H and O–H groups in total. The third kappa shape index (κ3) is 2.27. The summed E-state index contributed by atoms with van der Waals surface area (Å²) >= 11 is 0. The molecular formula is C10H12F3N3O. The van der Waals surface area contributed by atoms with Crippen molar-refractivity contribution in [3.8, 4) is 0 Å². The molecule has 0 saturated carbocycles. The standard InChI is InChI=1S/C10H12F3N3O/c1-2-9(17)16-4-3-15-5-7(10(11,12)13)14-8(15)6-16/h5H,2-4,6H2,1H3. The highest BCUT2D eigenvalue weighted by Gasteiger charge is 2.35. The Morgan fingerprint density at radius 1 is 1.47 bits per heavy atom. The van der Waals surface area contributed by atoms with E-state index in [4.69, 9.17) is 0 Å². The summed E-state index contributed by atoms with van der Waals surface area (Å²) in [6, 6.07) is 0. The Hall–Kier alpha value is -1.53. The first-order valence-electron chi connectivity index (χ1n) is 5.33. The van der Waals surface area contributed by atoms with E-state index in [1.807, 2.05) is 0 Å². The van der Waals surface area contributed by atoms with E-state index >= 15 is 0 Å². The average Bonchev–Trinajstić information content (AvgIpc) is 2.70. The molecule has 0 radical (unpaired) electrons. The van der Waals surface area contributed by atoms with Gasteiger partial charge >= 0.3 is 6.18 Å². The predicted molar refractivity (Wildman–Crippen MR) is 52.9 cm³/mol. The monoisotopic (exact) mass is 247 g/mol. The van der Waals surface area contributed by atoms with E-state index in [0.29, 0.717) is 25.3 Å². The molecule has 94 valence electrons. The van der Waals surface area contributed by atoms with Crippen LogP contribution in [0.15, 0.2) is 6.20 Å². The van der Waals surface area contributed by atoms with Gasteiger partial charge in [0.05, 0.1) is 6.54 Å². The number of alkyl halides is 3.